The lowest BCUT2D eigenvalue weighted by atomic mass is 9.94. The first-order chi connectivity index (χ1) is 11.4. The Morgan fingerprint density at radius 1 is 1.42 bits per heavy atom. The summed E-state index contributed by atoms with van der Waals surface area (Å²) in [6.45, 7) is 1.22. The number of rotatable bonds is 5. The number of carbonyl (C=O) groups excluding carboxylic acids is 1. The molecule has 0 amide bonds. The third-order valence-electron chi connectivity index (χ3n) is 3.76. The highest BCUT2D eigenvalue weighted by atomic mass is 32.1. The Bertz CT molecular complexity index is 679. The number of hydrogen-bond donors (Lipinski definition) is 1. The molecule has 0 aromatic heterocycles. The van der Waals surface area contributed by atoms with E-state index in [0.29, 0.717) is 28.5 Å². The maximum atomic E-state index is 12.7. The van der Waals surface area contributed by atoms with Crippen molar-refractivity contribution < 1.29 is 23.0 Å². The summed E-state index contributed by atoms with van der Waals surface area (Å²) in [5.74, 6) is -0.579. The zero-order chi connectivity index (χ0) is 17.9. The maximum absolute atomic E-state index is 12.7. The number of nitrogens with zero attached hydrogens (tertiary/aromatic N) is 1. The Hall–Kier alpha value is -2.22. The lowest BCUT2D eigenvalue weighted by molar-refractivity contribution is -0.136. The Labute approximate surface area is 144 Å². The van der Waals surface area contributed by atoms with Gasteiger partial charge in [0.2, 0.25) is 0 Å². The minimum atomic E-state index is -2.97. The highest BCUT2D eigenvalue weighted by molar-refractivity contribution is 7.80. The number of halogens is 2. The van der Waals surface area contributed by atoms with E-state index in [1.54, 1.807) is 30.0 Å². The highest BCUT2D eigenvalue weighted by Gasteiger charge is 2.35. The molecule has 24 heavy (non-hydrogen) atoms. The summed E-state index contributed by atoms with van der Waals surface area (Å²) in [7, 11) is 1.27. The standard InChI is InChI=1S/C16H18F2N2O3S/c1-4-20-9(2)12(14(21)22-3)13(19-16(20)24)10-7-5-6-8-11(10)23-15(17)18/h5-8,13,15H,4H2,1-3H3,(H,19,24). The first-order valence-corrected chi connectivity index (χ1v) is 7.72. The normalized spacial score (nSPS) is 17.8. The molecule has 1 heterocycles. The van der Waals surface area contributed by atoms with Gasteiger partial charge in [0.25, 0.3) is 0 Å². The first kappa shape index (κ1) is 18.1. The number of benzene rings is 1. The number of methoxy groups -OCH3 is 1. The Morgan fingerprint density at radius 2 is 2.08 bits per heavy atom. The minimum absolute atomic E-state index is 0.0213. The Kier molecular flexibility index (Phi) is 5.71. The smallest absolute Gasteiger partial charge is 0.387 e. The molecule has 1 aliphatic heterocycles. The molecule has 0 bridgehead atoms. The predicted molar refractivity (Wildman–Crippen MR) is 88.6 cm³/mol. The van der Waals surface area contributed by atoms with Crippen molar-refractivity contribution >= 4 is 23.3 Å². The van der Waals surface area contributed by atoms with E-state index in [2.05, 4.69) is 10.1 Å². The molecule has 0 spiro atoms. The van der Waals surface area contributed by atoms with Crippen LogP contribution in [0.5, 0.6) is 5.75 Å². The van der Waals surface area contributed by atoms with Gasteiger partial charge in [-0.25, -0.2) is 4.79 Å². The second-order valence-electron chi connectivity index (χ2n) is 5.03. The number of hydrogen-bond acceptors (Lipinski definition) is 4. The van der Waals surface area contributed by atoms with E-state index in [4.69, 9.17) is 17.0 Å². The van der Waals surface area contributed by atoms with Crippen LogP contribution in [0.15, 0.2) is 35.5 Å². The van der Waals surface area contributed by atoms with Gasteiger partial charge < -0.3 is 19.7 Å². The number of thiocarbonyl (C=S) groups is 1. The van der Waals surface area contributed by atoms with Crippen LogP contribution in [0.3, 0.4) is 0 Å². The Morgan fingerprint density at radius 3 is 2.67 bits per heavy atom. The molecule has 130 valence electrons. The Balaban J connectivity index is 2.58. The van der Waals surface area contributed by atoms with E-state index in [9.17, 15) is 13.6 Å². The summed E-state index contributed by atoms with van der Waals surface area (Å²) in [6.07, 6.45) is 0. The zero-order valence-electron chi connectivity index (χ0n) is 13.5. The van der Waals surface area contributed by atoms with E-state index in [-0.39, 0.29) is 5.75 Å². The van der Waals surface area contributed by atoms with E-state index >= 15 is 0 Å². The molecule has 1 atom stereocenters. The van der Waals surface area contributed by atoms with Crippen molar-refractivity contribution in [1.29, 1.82) is 0 Å². The van der Waals surface area contributed by atoms with Gasteiger partial charge in [-0.15, -0.1) is 0 Å². The van der Waals surface area contributed by atoms with E-state index in [1.165, 1.54) is 13.2 Å². The highest BCUT2D eigenvalue weighted by Crippen LogP contribution is 2.36. The van der Waals surface area contributed by atoms with Gasteiger partial charge in [-0.1, -0.05) is 18.2 Å². The average Bonchev–Trinajstić information content (AvgIpc) is 2.54. The minimum Gasteiger partial charge on any atom is -0.466 e. The number of allylic oxidation sites excluding steroid dienone is 1. The lowest BCUT2D eigenvalue weighted by Crippen LogP contribution is -2.47. The van der Waals surface area contributed by atoms with Crippen LogP contribution in [-0.4, -0.2) is 36.2 Å². The molecule has 0 saturated carbocycles. The quantitative estimate of drug-likeness (QED) is 0.647. The number of nitrogens with one attached hydrogen (secondary N) is 1. The predicted octanol–water partition coefficient (Wildman–Crippen LogP) is 2.99. The van der Waals surface area contributed by atoms with Crippen LogP contribution in [0.25, 0.3) is 0 Å². The van der Waals surface area contributed by atoms with E-state index in [0.717, 1.165) is 0 Å². The van der Waals surface area contributed by atoms with Crippen LogP contribution in [0.2, 0.25) is 0 Å². The maximum Gasteiger partial charge on any atom is 0.387 e. The molecule has 2 rings (SSSR count). The summed E-state index contributed by atoms with van der Waals surface area (Å²) in [5.41, 5.74) is 1.30. The van der Waals surface area contributed by atoms with Crippen LogP contribution in [0.4, 0.5) is 8.78 Å². The largest absolute Gasteiger partial charge is 0.466 e. The fourth-order valence-electron chi connectivity index (χ4n) is 2.69. The van der Waals surface area contributed by atoms with Gasteiger partial charge in [0, 0.05) is 17.8 Å². The number of esters is 1. The number of para-hydroxylation sites is 1. The van der Waals surface area contributed by atoms with Gasteiger partial charge in [-0.05, 0) is 32.1 Å². The fraction of sp³-hybridized carbons (Fsp3) is 0.375. The molecule has 8 heteroatoms. The SMILES string of the molecule is CCN1C(=S)NC(c2ccccc2OC(F)F)C(C(=O)OC)=C1C. The van der Waals surface area contributed by atoms with Gasteiger partial charge in [-0.3, -0.25) is 0 Å². The molecule has 1 N–H and O–H groups in total. The molecule has 0 radical (unpaired) electrons. The van der Waals surface area contributed by atoms with E-state index < -0.39 is 18.6 Å². The molecule has 1 unspecified atom stereocenters. The second kappa shape index (κ2) is 7.57. The van der Waals surface area contributed by atoms with Crippen molar-refractivity contribution in [3.8, 4) is 5.75 Å². The summed E-state index contributed by atoms with van der Waals surface area (Å²) in [6, 6.07) is 5.55. The van der Waals surface area contributed by atoms with Gasteiger partial charge in [0.15, 0.2) is 5.11 Å². The summed E-state index contributed by atoms with van der Waals surface area (Å²) in [5, 5.41) is 3.42. The lowest BCUT2D eigenvalue weighted by Gasteiger charge is -2.37. The zero-order valence-corrected chi connectivity index (χ0v) is 14.3. The third kappa shape index (κ3) is 3.48. The number of alkyl halides is 2. The summed E-state index contributed by atoms with van der Waals surface area (Å²) < 4.78 is 34.8. The molecular weight excluding hydrogens is 338 g/mol. The topological polar surface area (TPSA) is 50.8 Å². The summed E-state index contributed by atoms with van der Waals surface area (Å²) in [4.78, 5) is 14.0. The van der Waals surface area contributed by atoms with E-state index in [1.807, 2.05) is 6.92 Å². The molecule has 0 aliphatic carbocycles. The van der Waals surface area contributed by atoms with Gasteiger partial charge in [-0.2, -0.15) is 8.78 Å². The molecule has 1 aromatic carbocycles. The van der Waals surface area contributed by atoms with Gasteiger partial charge in [0.1, 0.15) is 5.75 Å². The number of carbonyl (C=O) groups is 1. The van der Waals surface area contributed by atoms with Crippen LogP contribution in [0, 0.1) is 0 Å². The van der Waals surface area contributed by atoms with Crippen molar-refractivity contribution in [2.45, 2.75) is 26.5 Å². The third-order valence-corrected chi connectivity index (χ3v) is 4.10. The molecule has 5 nitrogen and oxygen atoms in total. The van der Waals surface area contributed by atoms with Crippen molar-refractivity contribution in [2.75, 3.05) is 13.7 Å². The van der Waals surface area contributed by atoms with Crippen molar-refractivity contribution in [1.82, 2.24) is 10.2 Å². The number of ether oxygens (including phenoxy) is 2. The van der Waals surface area contributed by atoms with Crippen LogP contribution < -0.4 is 10.1 Å². The summed E-state index contributed by atoms with van der Waals surface area (Å²) >= 11 is 5.33. The van der Waals surface area contributed by atoms with Crippen molar-refractivity contribution in [3.63, 3.8) is 0 Å². The molecule has 0 fully saturated rings. The fourth-order valence-corrected chi connectivity index (χ4v) is 3.08. The van der Waals surface area contributed by atoms with Gasteiger partial charge in [0.05, 0.1) is 18.7 Å². The first-order valence-electron chi connectivity index (χ1n) is 7.31. The second-order valence-corrected chi connectivity index (χ2v) is 5.42. The molecule has 1 aromatic rings. The molecule has 0 saturated heterocycles. The molecule has 1 aliphatic rings. The van der Waals surface area contributed by atoms with Crippen LogP contribution in [0.1, 0.15) is 25.5 Å². The van der Waals surface area contributed by atoms with Crippen molar-refractivity contribution in [3.05, 3.63) is 41.1 Å². The van der Waals surface area contributed by atoms with Gasteiger partial charge >= 0.3 is 12.6 Å². The van der Waals surface area contributed by atoms with Crippen molar-refractivity contribution in [2.24, 2.45) is 0 Å². The van der Waals surface area contributed by atoms with Crippen LogP contribution >= 0.6 is 12.2 Å². The molecular formula is C16H18F2N2O3S. The average molecular weight is 356 g/mol. The monoisotopic (exact) mass is 356 g/mol. The van der Waals surface area contributed by atoms with Crippen LogP contribution in [-0.2, 0) is 9.53 Å².